The van der Waals surface area contributed by atoms with Gasteiger partial charge in [-0.25, -0.2) is 4.98 Å². The van der Waals surface area contributed by atoms with Crippen LogP contribution in [-0.2, 0) is 17.9 Å². The molecule has 3 heterocycles. The quantitative estimate of drug-likeness (QED) is 0.349. The number of furan rings is 1. The number of pyridine rings is 1. The van der Waals surface area contributed by atoms with Gasteiger partial charge in [-0.05, 0) is 48.9 Å². The maximum atomic E-state index is 13.2. The van der Waals surface area contributed by atoms with Crippen molar-refractivity contribution in [3.63, 3.8) is 0 Å². The number of benzene rings is 1. The van der Waals surface area contributed by atoms with Gasteiger partial charge in [0.2, 0.25) is 5.91 Å². The Morgan fingerprint density at radius 1 is 1.12 bits per heavy atom. The maximum absolute atomic E-state index is 13.2. The number of hydrogen-bond donors (Lipinski definition) is 2. The summed E-state index contributed by atoms with van der Waals surface area (Å²) in [4.78, 5) is 35.9. The minimum absolute atomic E-state index is 0.151. The molecule has 2 amide bonds. The van der Waals surface area contributed by atoms with Gasteiger partial charge in [0.05, 0.1) is 25.0 Å². The van der Waals surface area contributed by atoms with Crippen LogP contribution < -0.4 is 10.6 Å². The van der Waals surface area contributed by atoms with Gasteiger partial charge in [0.15, 0.2) is 5.13 Å². The lowest BCUT2D eigenvalue weighted by molar-refractivity contribution is -0.121. The highest BCUT2D eigenvalue weighted by atomic mass is 32.1. The molecule has 1 aromatic carbocycles. The van der Waals surface area contributed by atoms with Crippen molar-refractivity contribution in [2.45, 2.75) is 26.4 Å². The number of hydrogen-bond acceptors (Lipinski definition) is 7. The van der Waals surface area contributed by atoms with Gasteiger partial charge in [-0.2, -0.15) is 0 Å². The van der Waals surface area contributed by atoms with Crippen molar-refractivity contribution in [1.82, 2.24) is 20.2 Å². The summed E-state index contributed by atoms with van der Waals surface area (Å²) < 4.78 is 5.42. The van der Waals surface area contributed by atoms with Crippen molar-refractivity contribution in [1.29, 1.82) is 0 Å². The summed E-state index contributed by atoms with van der Waals surface area (Å²) in [6, 6.07) is 17.0. The maximum Gasteiger partial charge on any atom is 0.273 e. The molecule has 3 aromatic heterocycles. The Bertz CT molecular complexity index is 1220. The molecule has 8 nitrogen and oxygen atoms in total. The van der Waals surface area contributed by atoms with Gasteiger partial charge < -0.3 is 20.0 Å². The lowest BCUT2D eigenvalue weighted by Crippen LogP contribution is -2.35. The van der Waals surface area contributed by atoms with E-state index in [2.05, 4.69) is 20.6 Å². The molecule has 0 bridgehead atoms. The number of carbonyl (C=O) groups excluding carboxylic acids is 2. The minimum Gasteiger partial charge on any atom is -0.467 e. The number of rotatable bonds is 10. The van der Waals surface area contributed by atoms with Gasteiger partial charge >= 0.3 is 0 Å². The first-order valence-electron chi connectivity index (χ1n) is 10.8. The topological polar surface area (TPSA) is 100 Å². The molecule has 34 heavy (non-hydrogen) atoms. The lowest BCUT2D eigenvalue weighted by atomic mass is 10.2. The molecule has 174 valence electrons. The number of aromatic nitrogens is 2. The van der Waals surface area contributed by atoms with E-state index in [4.69, 9.17) is 4.42 Å². The molecule has 4 aromatic rings. The Kier molecular flexibility index (Phi) is 7.67. The van der Waals surface area contributed by atoms with Gasteiger partial charge in [-0.1, -0.05) is 18.2 Å². The summed E-state index contributed by atoms with van der Waals surface area (Å²) >= 11 is 1.35. The van der Waals surface area contributed by atoms with Gasteiger partial charge in [0.1, 0.15) is 11.5 Å². The zero-order chi connectivity index (χ0) is 23.8. The Balaban J connectivity index is 1.39. The summed E-state index contributed by atoms with van der Waals surface area (Å²) in [5, 5.41) is 8.42. The molecule has 0 spiro atoms. The molecule has 9 heteroatoms. The van der Waals surface area contributed by atoms with E-state index < -0.39 is 0 Å². The molecule has 0 unspecified atom stereocenters. The third kappa shape index (κ3) is 6.52. The van der Waals surface area contributed by atoms with Crippen LogP contribution in [0.5, 0.6) is 0 Å². The van der Waals surface area contributed by atoms with E-state index in [9.17, 15) is 9.59 Å². The lowest BCUT2D eigenvalue weighted by Gasteiger charge is -2.20. The fraction of sp³-hybridized carbons (Fsp3) is 0.200. The van der Waals surface area contributed by atoms with Crippen LogP contribution >= 0.6 is 11.3 Å². The molecule has 2 N–H and O–H groups in total. The first-order chi connectivity index (χ1) is 16.6. The number of nitrogens with one attached hydrogen (secondary N) is 2. The fourth-order valence-electron chi connectivity index (χ4n) is 3.30. The first-order valence-corrected chi connectivity index (χ1v) is 11.7. The molecule has 0 saturated heterocycles. The van der Waals surface area contributed by atoms with Gasteiger partial charge in [-0.15, -0.1) is 11.3 Å². The molecule has 4 rings (SSSR count). The molecule has 0 fully saturated rings. The summed E-state index contributed by atoms with van der Waals surface area (Å²) in [5.41, 5.74) is 3.13. The van der Waals surface area contributed by atoms with Crippen LogP contribution in [-0.4, -0.2) is 33.2 Å². The number of nitrogens with zero attached hydrogens (tertiary/aromatic N) is 3. The highest BCUT2D eigenvalue weighted by Crippen LogP contribution is 2.23. The van der Waals surface area contributed by atoms with Crippen molar-refractivity contribution in [3.8, 4) is 0 Å². The normalized spacial score (nSPS) is 10.6. The predicted molar refractivity (Wildman–Crippen MR) is 131 cm³/mol. The van der Waals surface area contributed by atoms with Crippen molar-refractivity contribution < 1.29 is 14.0 Å². The Morgan fingerprint density at radius 2 is 2.03 bits per heavy atom. The highest BCUT2D eigenvalue weighted by Gasteiger charge is 2.21. The van der Waals surface area contributed by atoms with E-state index in [0.717, 1.165) is 16.9 Å². The minimum atomic E-state index is -0.262. The third-order valence-electron chi connectivity index (χ3n) is 5.01. The summed E-state index contributed by atoms with van der Waals surface area (Å²) in [5.74, 6) is 0.209. The second-order valence-corrected chi connectivity index (χ2v) is 8.54. The van der Waals surface area contributed by atoms with Gasteiger partial charge in [0, 0.05) is 30.2 Å². The molecular weight excluding hydrogens is 450 g/mol. The second kappa shape index (κ2) is 11.2. The van der Waals surface area contributed by atoms with Crippen molar-refractivity contribution >= 4 is 34.0 Å². The summed E-state index contributed by atoms with van der Waals surface area (Å²) in [6.07, 6.45) is 3.39. The van der Waals surface area contributed by atoms with Crippen LogP contribution in [0, 0.1) is 6.92 Å². The van der Waals surface area contributed by atoms with Crippen LogP contribution in [0.1, 0.15) is 33.9 Å². The standard InChI is InChI=1S/C25H25N5O3S/c1-18-6-4-8-19(14-18)28-25-29-22(17-34-25)24(32)30(16-21-9-5-13-33-21)12-10-23(31)27-15-20-7-2-3-11-26-20/h2-9,11,13-14,17H,10,12,15-16H2,1H3,(H,27,31)(H,28,29). The average molecular weight is 476 g/mol. The highest BCUT2D eigenvalue weighted by molar-refractivity contribution is 7.14. The van der Waals surface area contributed by atoms with E-state index in [-0.39, 0.29) is 31.3 Å². The third-order valence-corrected chi connectivity index (χ3v) is 5.77. The first kappa shape index (κ1) is 23.2. The molecule has 0 aliphatic heterocycles. The van der Waals surface area contributed by atoms with E-state index in [0.29, 0.717) is 23.1 Å². The van der Waals surface area contributed by atoms with E-state index in [1.54, 1.807) is 34.9 Å². The van der Waals surface area contributed by atoms with Crippen molar-refractivity contribution in [3.05, 3.63) is 95.1 Å². The number of aryl methyl sites for hydroxylation is 1. The largest absolute Gasteiger partial charge is 0.467 e. The Labute approximate surface area is 201 Å². The van der Waals surface area contributed by atoms with Crippen LogP contribution in [0.15, 0.2) is 76.9 Å². The van der Waals surface area contributed by atoms with E-state index in [1.807, 2.05) is 49.4 Å². The van der Waals surface area contributed by atoms with E-state index in [1.165, 1.54) is 11.3 Å². The molecule has 0 aliphatic carbocycles. The molecule has 0 atom stereocenters. The zero-order valence-electron chi connectivity index (χ0n) is 18.7. The van der Waals surface area contributed by atoms with Gasteiger partial charge in [0.25, 0.3) is 5.91 Å². The molecule has 0 aliphatic rings. The van der Waals surface area contributed by atoms with Crippen LogP contribution in [0.25, 0.3) is 0 Å². The monoisotopic (exact) mass is 475 g/mol. The van der Waals surface area contributed by atoms with Crippen LogP contribution in [0.4, 0.5) is 10.8 Å². The van der Waals surface area contributed by atoms with Crippen molar-refractivity contribution in [2.75, 3.05) is 11.9 Å². The molecule has 0 radical (unpaired) electrons. The fourth-order valence-corrected chi connectivity index (χ4v) is 4.00. The number of thiazole rings is 1. The summed E-state index contributed by atoms with van der Waals surface area (Å²) in [6.45, 7) is 2.83. The smallest absolute Gasteiger partial charge is 0.273 e. The number of carbonyl (C=O) groups is 2. The average Bonchev–Trinajstić information content (AvgIpc) is 3.53. The van der Waals surface area contributed by atoms with E-state index >= 15 is 0 Å². The van der Waals surface area contributed by atoms with Crippen molar-refractivity contribution in [2.24, 2.45) is 0 Å². The Hall–Kier alpha value is -3.98. The zero-order valence-corrected chi connectivity index (χ0v) is 19.5. The Morgan fingerprint density at radius 3 is 2.79 bits per heavy atom. The van der Waals surface area contributed by atoms with Gasteiger partial charge in [-0.3, -0.25) is 14.6 Å². The molecular formula is C25H25N5O3S. The SMILES string of the molecule is Cc1cccc(Nc2nc(C(=O)N(CCC(=O)NCc3ccccn3)Cc3ccco3)cs2)c1. The van der Waals surface area contributed by atoms with Crippen LogP contribution in [0.2, 0.25) is 0 Å². The molecule has 0 saturated carbocycles. The second-order valence-electron chi connectivity index (χ2n) is 7.69. The number of anilines is 2. The summed E-state index contributed by atoms with van der Waals surface area (Å²) in [7, 11) is 0. The number of amides is 2. The van der Waals surface area contributed by atoms with Crippen LogP contribution in [0.3, 0.4) is 0 Å². The predicted octanol–water partition coefficient (Wildman–Crippen LogP) is 4.53.